The van der Waals surface area contributed by atoms with Crippen LogP contribution in [0, 0.1) is 0 Å². The summed E-state index contributed by atoms with van der Waals surface area (Å²) < 4.78 is 11.2. The monoisotopic (exact) mass is 293 g/mol. The van der Waals surface area contributed by atoms with Gasteiger partial charge in [0, 0.05) is 19.2 Å². The zero-order chi connectivity index (χ0) is 15.1. The Morgan fingerprint density at radius 1 is 1.38 bits per heavy atom. The lowest BCUT2D eigenvalue weighted by molar-refractivity contribution is 0.0675. The molecule has 1 aromatic rings. The molecule has 21 heavy (non-hydrogen) atoms. The third-order valence-electron chi connectivity index (χ3n) is 3.97. The minimum atomic E-state index is -0.514. The van der Waals surface area contributed by atoms with E-state index in [2.05, 4.69) is 31.3 Å². The van der Waals surface area contributed by atoms with Crippen LogP contribution in [-0.4, -0.2) is 43.1 Å². The number of ether oxygens (including phenoxy) is 2. The fraction of sp³-hybridized carbons (Fsp3) is 0.647. The predicted octanol–water partition coefficient (Wildman–Crippen LogP) is 2.15. The molecule has 1 saturated heterocycles. The molecule has 0 radical (unpaired) electrons. The van der Waals surface area contributed by atoms with Gasteiger partial charge in [-0.15, -0.1) is 0 Å². The van der Waals surface area contributed by atoms with Crippen molar-refractivity contribution in [2.75, 3.05) is 19.8 Å². The molecule has 3 atom stereocenters. The van der Waals surface area contributed by atoms with E-state index in [0.29, 0.717) is 13.2 Å². The Labute approximate surface area is 127 Å². The van der Waals surface area contributed by atoms with Crippen molar-refractivity contribution in [3.63, 3.8) is 0 Å². The minimum Gasteiger partial charge on any atom is -0.491 e. The average Bonchev–Trinajstić information content (AvgIpc) is 3.05. The largest absolute Gasteiger partial charge is 0.491 e. The van der Waals surface area contributed by atoms with Crippen molar-refractivity contribution < 1.29 is 14.6 Å². The van der Waals surface area contributed by atoms with E-state index in [1.807, 2.05) is 12.1 Å². The number of aliphatic hydroxyl groups is 1. The second kappa shape index (κ2) is 8.37. The summed E-state index contributed by atoms with van der Waals surface area (Å²) in [4.78, 5) is 0. The molecule has 4 nitrogen and oxygen atoms in total. The molecule has 0 bridgehead atoms. The van der Waals surface area contributed by atoms with Crippen molar-refractivity contribution >= 4 is 0 Å². The minimum absolute atomic E-state index is 0.269. The van der Waals surface area contributed by atoms with E-state index in [9.17, 15) is 5.11 Å². The van der Waals surface area contributed by atoms with Gasteiger partial charge in [-0.1, -0.05) is 19.1 Å². The number of hydrogen-bond donors (Lipinski definition) is 2. The summed E-state index contributed by atoms with van der Waals surface area (Å²) in [5.41, 5.74) is 1.29. The highest BCUT2D eigenvalue weighted by Gasteiger charge is 2.22. The lowest BCUT2D eigenvalue weighted by Crippen LogP contribution is -2.42. The van der Waals surface area contributed by atoms with Gasteiger partial charge in [-0.25, -0.2) is 0 Å². The molecule has 2 N–H and O–H groups in total. The third kappa shape index (κ3) is 5.30. The van der Waals surface area contributed by atoms with Gasteiger partial charge in [0.15, 0.2) is 0 Å². The highest BCUT2D eigenvalue weighted by molar-refractivity contribution is 5.27. The van der Waals surface area contributed by atoms with Crippen molar-refractivity contribution in [2.45, 2.75) is 51.4 Å². The summed E-state index contributed by atoms with van der Waals surface area (Å²) in [7, 11) is 0. The number of hydrogen-bond acceptors (Lipinski definition) is 4. The fourth-order valence-electron chi connectivity index (χ4n) is 2.52. The Kier molecular flexibility index (Phi) is 6.49. The lowest BCUT2D eigenvalue weighted by atomic mass is 10.1. The highest BCUT2D eigenvalue weighted by Crippen LogP contribution is 2.15. The molecule has 1 aliphatic rings. The summed E-state index contributed by atoms with van der Waals surface area (Å²) in [5, 5.41) is 13.3. The summed E-state index contributed by atoms with van der Waals surface area (Å²) in [5.74, 6) is 0.804. The van der Waals surface area contributed by atoms with E-state index >= 15 is 0 Å². The maximum absolute atomic E-state index is 9.97. The van der Waals surface area contributed by atoms with Crippen molar-refractivity contribution in [1.29, 1.82) is 0 Å². The zero-order valence-corrected chi connectivity index (χ0v) is 13.0. The normalized spacial score (nSPS) is 21.2. The molecule has 118 valence electrons. The van der Waals surface area contributed by atoms with Crippen LogP contribution in [0.3, 0.4) is 0 Å². The van der Waals surface area contributed by atoms with Crippen molar-refractivity contribution in [2.24, 2.45) is 0 Å². The number of nitrogens with one attached hydrogen (secondary N) is 1. The quantitative estimate of drug-likeness (QED) is 0.771. The number of rotatable bonds is 8. The first-order valence-corrected chi connectivity index (χ1v) is 7.94. The van der Waals surface area contributed by atoms with Crippen LogP contribution in [0.1, 0.15) is 32.3 Å². The van der Waals surface area contributed by atoms with Crippen molar-refractivity contribution in [3.8, 4) is 5.75 Å². The van der Waals surface area contributed by atoms with Gasteiger partial charge < -0.3 is 19.9 Å². The molecule has 0 aromatic heterocycles. The molecule has 1 aromatic carbocycles. The van der Waals surface area contributed by atoms with Crippen LogP contribution < -0.4 is 10.1 Å². The predicted molar refractivity (Wildman–Crippen MR) is 83.8 cm³/mol. The number of benzene rings is 1. The second-order valence-electron chi connectivity index (χ2n) is 5.71. The van der Waals surface area contributed by atoms with Crippen molar-refractivity contribution in [1.82, 2.24) is 5.32 Å². The van der Waals surface area contributed by atoms with Gasteiger partial charge in [0.05, 0.1) is 6.10 Å². The van der Waals surface area contributed by atoms with Gasteiger partial charge in [-0.05, 0) is 43.9 Å². The Balaban J connectivity index is 1.65. The van der Waals surface area contributed by atoms with E-state index < -0.39 is 6.10 Å². The molecule has 0 spiro atoms. The summed E-state index contributed by atoms with van der Waals surface area (Å²) in [6.45, 7) is 5.91. The van der Waals surface area contributed by atoms with Crippen LogP contribution >= 0.6 is 0 Å². The van der Waals surface area contributed by atoms with Gasteiger partial charge >= 0.3 is 0 Å². The molecule has 0 aliphatic carbocycles. The molecule has 1 heterocycles. The van der Waals surface area contributed by atoms with Gasteiger partial charge in [0.25, 0.3) is 0 Å². The maximum atomic E-state index is 9.97. The van der Waals surface area contributed by atoms with Crippen LogP contribution in [0.25, 0.3) is 0 Å². The molecule has 1 aliphatic heterocycles. The summed E-state index contributed by atoms with van der Waals surface area (Å²) >= 11 is 0. The van der Waals surface area contributed by atoms with Gasteiger partial charge in [-0.2, -0.15) is 0 Å². The van der Waals surface area contributed by atoms with Crippen LogP contribution in [0.5, 0.6) is 5.75 Å². The highest BCUT2D eigenvalue weighted by atomic mass is 16.5. The first-order chi connectivity index (χ1) is 10.2. The molecule has 1 fully saturated rings. The van der Waals surface area contributed by atoms with Crippen LogP contribution in [-0.2, 0) is 11.2 Å². The Morgan fingerprint density at radius 2 is 2.14 bits per heavy atom. The first-order valence-electron chi connectivity index (χ1n) is 7.94. The Morgan fingerprint density at radius 3 is 2.76 bits per heavy atom. The lowest BCUT2D eigenvalue weighted by Gasteiger charge is -2.22. The van der Waals surface area contributed by atoms with Crippen LogP contribution in [0.4, 0.5) is 0 Å². The van der Waals surface area contributed by atoms with E-state index in [1.54, 1.807) is 0 Å². The van der Waals surface area contributed by atoms with E-state index in [-0.39, 0.29) is 12.1 Å². The fourth-order valence-corrected chi connectivity index (χ4v) is 2.52. The van der Waals surface area contributed by atoms with Crippen molar-refractivity contribution in [3.05, 3.63) is 29.8 Å². The molecular weight excluding hydrogens is 266 g/mol. The molecule has 0 saturated carbocycles. The molecule has 4 heteroatoms. The number of aliphatic hydroxyl groups excluding tert-OH is 1. The Hall–Kier alpha value is -1.10. The molecular formula is C17H27NO3. The molecule has 2 rings (SSSR count). The van der Waals surface area contributed by atoms with Gasteiger partial charge in [-0.3, -0.25) is 0 Å². The van der Waals surface area contributed by atoms with Gasteiger partial charge in [0.2, 0.25) is 0 Å². The standard InChI is InChI=1S/C17H27NO3/c1-3-14-6-8-16(9-7-14)21-12-15(19)11-18-13(2)17-5-4-10-20-17/h6-9,13,15,17-19H,3-5,10-12H2,1-2H3. The SMILES string of the molecule is CCc1ccc(OCC(O)CNC(C)C2CCCO2)cc1. The number of aryl methyl sites for hydroxylation is 1. The summed E-state index contributed by atoms with van der Waals surface area (Å²) in [6.07, 6.45) is 3.02. The third-order valence-corrected chi connectivity index (χ3v) is 3.97. The first kappa shape index (κ1) is 16.3. The summed E-state index contributed by atoms with van der Waals surface area (Å²) in [6, 6.07) is 8.28. The zero-order valence-electron chi connectivity index (χ0n) is 13.0. The molecule has 3 unspecified atom stereocenters. The maximum Gasteiger partial charge on any atom is 0.119 e. The van der Waals surface area contributed by atoms with Crippen LogP contribution in [0.2, 0.25) is 0 Å². The smallest absolute Gasteiger partial charge is 0.119 e. The van der Waals surface area contributed by atoms with Crippen LogP contribution in [0.15, 0.2) is 24.3 Å². The van der Waals surface area contributed by atoms with E-state index in [1.165, 1.54) is 5.56 Å². The topological polar surface area (TPSA) is 50.7 Å². The Bertz CT molecular complexity index is 401. The van der Waals surface area contributed by atoms with Gasteiger partial charge in [0.1, 0.15) is 18.5 Å². The second-order valence-corrected chi connectivity index (χ2v) is 5.71. The molecule has 0 amide bonds. The van der Waals surface area contributed by atoms with E-state index in [4.69, 9.17) is 9.47 Å². The average molecular weight is 293 g/mol. The van der Waals surface area contributed by atoms with E-state index in [0.717, 1.165) is 31.6 Å².